The van der Waals surface area contributed by atoms with Gasteiger partial charge in [0.2, 0.25) is 0 Å². The summed E-state index contributed by atoms with van der Waals surface area (Å²) < 4.78 is 0. The zero-order valence-corrected chi connectivity index (χ0v) is 5.79. The third kappa shape index (κ3) is 2.19. The molecule has 0 aromatic heterocycles. The molecule has 1 rings (SSSR count). The van der Waals surface area contributed by atoms with Crippen molar-refractivity contribution >= 4 is 0 Å². The summed E-state index contributed by atoms with van der Waals surface area (Å²) in [4.78, 5) is 0. The molecule has 10 heavy (non-hydrogen) atoms. The normalized spacial score (nSPS) is 9.70. The first-order valence-corrected chi connectivity index (χ1v) is 3.37. The molecule has 0 aliphatic heterocycles. The molecule has 0 unspecified atom stereocenters. The van der Waals surface area contributed by atoms with E-state index in [-0.39, 0.29) is 6.61 Å². The molecule has 0 amide bonds. The second kappa shape index (κ2) is 4.07. The number of benzene rings is 1. The van der Waals surface area contributed by atoms with Crippen molar-refractivity contribution in [2.24, 2.45) is 0 Å². The molecule has 1 aromatic carbocycles. The lowest BCUT2D eigenvalue weighted by molar-refractivity contribution is 0.218. The van der Waals surface area contributed by atoms with Crippen LogP contribution in [0.25, 0.3) is 0 Å². The Hall–Kier alpha value is -0.820. The lowest BCUT2D eigenvalue weighted by Gasteiger charge is -1.95. The summed E-state index contributed by atoms with van der Waals surface area (Å²) in [5, 5.41) is 10.0. The Morgan fingerprint density at radius 2 is 1.90 bits per heavy atom. The van der Waals surface area contributed by atoms with Gasteiger partial charge >= 0.3 is 0 Å². The van der Waals surface area contributed by atoms with Crippen molar-refractivity contribution in [3.05, 3.63) is 42.3 Å². The minimum absolute atomic E-state index is 0.0884. The van der Waals surface area contributed by atoms with Gasteiger partial charge in [0.25, 0.3) is 0 Å². The van der Waals surface area contributed by atoms with Gasteiger partial charge in [-0.1, -0.05) is 30.3 Å². The van der Waals surface area contributed by atoms with Crippen LogP contribution in [-0.4, -0.2) is 6.61 Å². The van der Waals surface area contributed by atoms with E-state index in [1.807, 2.05) is 30.3 Å². The van der Waals surface area contributed by atoms with Gasteiger partial charge in [0, 0.05) is 0 Å². The average molecular weight is 134 g/mol. The van der Waals surface area contributed by atoms with E-state index < -0.39 is 0 Å². The highest BCUT2D eigenvalue weighted by Gasteiger charge is 1.89. The molecule has 1 aromatic rings. The largest absolute Gasteiger partial charge is 0.236 e. The molecule has 0 saturated carbocycles. The molecule has 1 heteroatoms. The van der Waals surface area contributed by atoms with Crippen LogP contribution in [0.5, 0.6) is 0 Å². The van der Waals surface area contributed by atoms with Crippen LogP contribution < -0.4 is 0 Å². The molecule has 1 nitrogen and oxygen atoms in total. The standard InChI is InChI=1S/C9H10O/c10-8-4-7-9-5-2-1-3-6-9/h1-6H,7-8H2. The minimum Gasteiger partial charge on any atom is -0.236 e. The van der Waals surface area contributed by atoms with Crippen LogP contribution in [0.3, 0.4) is 0 Å². The zero-order valence-electron chi connectivity index (χ0n) is 5.79. The monoisotopic (exact) mass is 134 g/mol. The summed E-state index contributed by atoms with van der Waals surface area (Å²) in [7, 11) is 0. The molecule has 0 N–H and O–H groups in total. The van der Waals surface area contributed by atoms with Crippen LogP contribution in [0.1, 0.15) is 5.56 Å². The predicted octanol–water partition coefficient (Wildman–Crippen LogP) is 1.86. The Labute approximate surface area is 61.3 Å². The lowest BCUT2D eigenvalue weighted by atomic mass is 10.1. The van der Waals surface area contributed by atoms with Crippen molar-refractivity contribution in [2.75, 3.05) is 6.61 Å². The van der Waals surface area contributed by atoms with E-state index in [2.05, 4.69) is 0 Å². The summed E-state index contributed by atoms with van der Waals surface area (Å²) in [6.07, 6.45) is 2.53. The second-order valence-corrected chi connectivity index (χ2v) is 2.15. The van der Waals surface area contributed by atoms with E-state index >= 15 is 0 Å². The van der Waals surface area contributed by atoms with Crippen LogP contribution in [0.2, 0.25) is 0 Å². The SMILES string of the molecule is [O]C[CH]Cc1ccccc1. The van der Waals surface area contributed by atoms with Gasteiger partial charge < -0.3 is 0 Å². The van der Waals surface area contributed by atoms with Crippen molar-refractivity contribution < 1.29 is 5.11 Å². The third-order valence-corrected chi connectivity index (χ3v) is 1.34. The summed E-state index contributed by atoms with van der Waals surface area (Å²) in [6, 6.07) is 9.97. The third-order valence-electron chi connectivity index (χ3n) is 1.34. The van der Waals surface area contributed by atoms with Crippen LogP contribution in [0, 0.1) is 6.42 Å². The molecule has 2 radical (unpaired) electrons. The van der Waals surface area contributed by atoms with E-state index in [4.69, 9.17) is 0 Å². The first-order valence-electron chi connectivity index (χ1n) is 3.37. The van der Waals surface area contributed by atoms with Gasteiger partial charge in [-0.05, 0) is 18.4 Å². The Bertz CT molecular complexity index is 169. The van der Waals surface area contributed by atoms with Crippen LogP contribution in [-0.2, 0) is 11.5 Å². The highest BCUT2D eigenvalue weighted by atomic mass is 16.2. The topological polar surface area (TPSA) is 19.9 Å². The molecule has 0 spiro atoms. The van der Waals surface area contributed by atoms with E-state index in [0.29, 0.717) is 0 Å². The van der Waals surface area contributed by atoms with E-state index in [1.54, 1.807) is 6.42 Å². The lowest BCUT2D eigenvalue weighted by Crippen LogP contribution is -1.87. The Balaban J connectivity index is 2.43. The Kier molecular flexibility index (Phi) is 2.97. The Morgan fingerprint density at radius 1 is 1.20 bits per heavy atom. The number of hydrogen-bond donors (Lipinski definition) is 0. The quantitative estimate of drug-likeness (QED) is 0.601. The smallest absolute Gasteiger partial charge is 0.0857 e. The minimum atomic E-state index is -0.0884. The van der Waals surface area contributed by atoms with Gasteiger partial charge in [-0.25, -0.2) is 5.11 Å². The van der Waals surface area contributed by atoms with Crippen molar-refractivity contribution in [2.45, 2.75) is 6.42 Å². The van der Waals surface area contributed by atoms with Gasteiger partial charge in [0.05, 0.1) is 6.61 Å². The molecule has 0 atom stereocenters. The number of hydrogen-bond acceptors (Lipinski definition) is 0. The highest BCUT2D eigenvalue weighted by molar-refractivity contribution is 5.16. The summed E-state index contributed by atoms with van der Waals surface area (Å²) >= 11 is 0. The molecular formula is C9H10O. The highest BCUT2D eigenvalue weighted by Crippen LogP contribution is 2.00. The van der Waals surface area contributed by atoms with Crippen molar-refractivity contribution in [1.29, 1.82) is 0 Å². The average Bonchev–Trinajstić information content (AvgIpc) is 2.03. The van der Waals surface area contributed by atoms with Gasteiger partial charge in [-0.3, -0.25) is 0 Å². The second-order valence-electron chi connectivity index (χ2n) is 2.15. The fraction of sp³-hybridized carbons (Fsp3) is 0.222. The molecule has 0 heterocycles. The molecule has 0 saturated heterocycles. The van der Waals surface area contributed by atoms with Gasteiger partial charge in [-0.15, -0.1) is 0 Å². The summed E-state index contributed by atoms with van der Waals surface area (Å²) in [6.45, 7) is -0.0884. The predicted molar refractivity (Wildman–Crippen MR) is 40.0 cm³/mol. The van der Waals surface area contributed by atoms with Crippen molar-refractivity contribution in [1.82, 2.24) is 0 Å². The maximum Gasteiger partial charge on any atom is 0.0857 e. The van der Waals surface area contributed by atoms with Crippen LogP contribution in [0.4, 0.5) is 0 Å². The van der Waals surface area contributed by atoms with E-state index in [1.165, 1.54) is 5.56 Å². The van der Waals surface area contributed by atoms with Gasteiger partial charge in [0.1, 0.15) is 0 Å². The first-order chi connectivity index (χ1) is 4.93. The van der Waals surface area contributed by atoms with Gasteiger partial charge in [-0.2, -0.15) is 0 Å². The fourth-order valence-corrected chi connectivity index (χ4v) is 0.840. The van der Waals surface area contributed by atoms with Crippen molar-refractivity contribution in [3.8, 4) is 0 Å². The summed E-state index contributed by atoms with van der Waals surface area (Å²) in [5.74, 6) is 0. The maximum absolute atomic E-state index is 10.0. The fourth-order valence-electron chi connectivity index (χ4n) is 0.840. The van der Waals surface area contributed by atoms with Crippen LogP contribution in [0.15, 0.2) is 30.3 Å². The summed E-state index contributed by atoms with van der Waals surface area (Å²) in [5.41, 5.74) is 1.21. The maximum atomic E-state index is 10.0. The van der Waals surface area contributed by atoms with Gasteiger partial charge in [0.15, 0.2) is 0 Å². The first kappa shape index (κ1) is 7.29. The zero-order chi connectivity index (χ0) is 7.23. The number of rotatable bonds is 3. The molecular weight excluding hydrogens is 124 g/mol. The van der Waals surface area contributed by atoms with Crippen LogP contribution >= 0.6 is 0 Å². The molecule has 0 fully saturated rings. The van der Waals surface area contributed by atoms with Crippen molar-refractivity contribution in [3.63, 3.8) is 0 Å². The van der Waals surface area contributed by atoms with E-state index in [0.717, 1.165) is 6.42 Å². The molecule has 0 bridgehead atoms. The molecule has 0 aliphatic carbocycles. The van der Waals surface area contributed by atoms with E-state index in [9.17, 15) is 5.11 Å². The molecule has 52 valence electrons. The Morgan fingerprint density at radius 3 is 2.50 bits per heavy atom. The molecule has 0 aliphatic rings.